The molecule has 0 spiro atoms. The van der Waals surface area contributed by atoms with Crippen LogP contribution >= 0.6 is 0 Å². The van der Waals surface area contributed by atoms with Crippen LogP contribution in [0.1, 0.15) is 24.8 Å². The summed E-state index contributed by atoms with van der Waals surface area (Å²) in [5, 5.41) is 13.3. The van der Waals surface area contributed by atoms with Gasteiger partial charge in [-0.3, -0.25) is 0 Å². The number of nitrogens with one attached hydrogen (secondary N) is 1. The molecule has 0 amide bonds. The summed E-state index contributed by atoms with van der Waals surface area (Å²) in [7, 11) is 0. The minimum atomic E-state index is -0.554. The third kappa shape index (κ3) is 3.75. The van der Waals surface area contributed by atoms with Gasteiger partial charge in [-0.15, -0.1) is 0 Å². The number of hydrogen-bond acceptors (Lipinski definition) is 2. The summed E-state index contributed by atoms with van der Waals surface area (Å²) in [6, 6.07) is 3.53. The van der Waals surface area contributed by atoms with Gasteiger partial charge in [0.25, 0.3) is 0 Å². The Hall–Kier alpha value is -1.00. The van der Waals surface area contributed by atoms with Crippen LogP contribution in [0.15, 0.2) is 18.2 Å². The first kappa shape index (κ1) is 13.4. The van der Waals surface area contributed by atoms with E-state index >= 15 is 0 Å². The predicted molar refractivity (Wildman–Crippen MR) is 66.3 cm³/mol. The zero-order valence-electron chi connectivity index (χ0n) is 10.3. The minimum absolute atomic E-state index is 0.310. The fraction of sp³-hybridized carbons (Fsp3) is 0.571. The van der Waals surface area contributed by atoms with E-state index in [0.29, 0.717) is 24.3 Å². The number of piperidine rings is 1. The summed E-state index contributed by atoms with van der Waals surface area (Å²) < 4.78 is 26.0. The van der Waals surface area contributed by atoms with Crippen molar-refractivity contribution in [3.8, 4) is 0 Å². The SMILES string of the molecule is OC(CCc1cc(F)cc(F)c1)C1CCNCC1. The van der Waals surface area contributed by atoms with Crippen LogP contribution in [-0.2, 0) is 6.42 Å². The van der Waals surface area contributed by atoms with Crippen LogP contribution in [0.5, 0.6) is 0 Å². The molecule has 1 aromatic carbocycles. The highest BCUT2D eigenvalue weighted by Gasteiger charge is 2.21. The van der Waals surface area contributed by atoms with Gasteiger partial charge in [0.15, 0.2) is 0 Å². The van der Waals surface area contributed by atoms with E-state index in [2.05, 4.69) is 5.32 Å². The summed E-state index contributed by atoms with van der Waals surface area (Å²) in [5.41, 5.74) is 0.612. The number of aryl methyl sites for hydroxylation is 1. The van der Waals surface area contributed by atoms with E-state index in [4.69, 9.17) is 0 Å². The Labute approximate surface area is 106 Å². The molecule has 0 aromatic heterocycles. The van der Waals surface area contributed by atoms with Gasteiger partial charge in [-0.25, -0.2) is 8.78 Å². The molecule has 4 heteroatoms. The number of benzene rings is 1. The molecule has 1 saturated heterocycles. The van der Waals surface area contributed by atoms with Crippen LogP contribution in [0.2, 0.25) is 0 Å². The Morgan fingerprint density at radius 1 is 1.17 bits per heavy atom. The molecule has 1 aromatic rings. The van der Waals surface area contributed by atoms with Gasteiger partial charge < -0.3 is 10.4 Å². The Morgan fingerprint density at radius 3 is 2.39 bits per heavy atom. The number of aliphatic hydroxyl groups excluding tert-OH is 1. The standard InChI is InChI=1S/C14H19F2NO/c15-12-7-10(8-13(16)9-12)1-2-14(18)11-3-5-17-6-4-11/h7-9,11,14,17-18H,1-6H2. The first-order valence-electron chi connectivity index (χ1n) is 6.49. The summed E-state index contributed by atoms with van der Waals surface area (Å²) in [6.45, 7) is 1.88. The lowest BCUT2D eigenvalue weighted by molar-refractivity contribution is 0.0813. The molecule has 1 unspecified atom stereocenters. The molecule has 0 aliphatic carbocycles. The summed E-state index contributed by atoms with van der Waals surface area (Å²) in [5.74, 6) is -0.799. The monoisotopic (exact) mass is 255 g/mol. The molecule has 18 heavy (non-hydrogen) atoms. The minimum Gasteiger partial charge on any atom is -0.393 e. The number of aliphatic hydroxyl groups is 1. The van der Waals surface area contributed by atoms with Gasteiger partial charge in [-0.05, 0) is 62.4 Å². The first-order chi connectivity index (χ1) is 8.65. The highest BCUT2D eigenvalue weighted by molar-refractivity contribution is 5.18. The van der Waals surface area contributed by atoms with Crippen molar-refractivity contribution in [3.63, 3.8) is 0 Å². The van der Waals surface area contributed by atoms with Crippen molar-refractivity contribution in [2.45, 2.75) is 31.8 Å². The second-order valence-corrected chi connectivity index (χ2v) is 4.97. The molecule has 1 fully saturated rings. The highest BCUT2D eigenvalue weighted by atomic mass is 19.1. The van der Waals surface area contributed by atoms with E-state index in [0.717, 1.165) is 32.0 Å². The van der Waals surface area contributed by atoms with E-state index in [1.807, 2.05) is 0 Å². The van der Waals surface area contributed by atoms with Crippen molar-refractivity contribution in [2.24, 2.45) is 5.92 Å². The fourth-order valence-electron chi connectivity index (χ4n) is 2.53. The topological polar surface area (TPSA) is 32.3 Å². The third-order valence-electron chi connectivity index (χ3n) is 3.58. The van der Waals surface area contributed by atoms with Crippen LogP contribution in [-0.4, -0.2) is 24.3 Å². The predicted octanol–water partition coefficient (Wildman–Crippen LogP) is 2.26. The number of rotatable bonds is 4. The smallest absolute Gasteiger partial charge is 0.126 e. The van der Waals surface area contributed by atoms with Gasteiger partial charge in [-0.2, -0.15) is 0 Å². The van der Waals surface area contributed by atoms with Crippen molar-refractivity contribution in [3.05, 3.63) is 35.4 Å². The maximum atomic E-state index is 13.0. The first-order valence-corrected chi connectivity index (χ1v) is 6.49. The van der Waals surface area contributed by atoms with Crippen LogP contribution < -0.4 is 5.32 Å². The maximum Gasteiger partial charge on any atom is 0.126 e. The van der Waals surface area contributed by atoms with E-state index in [9.17, 15) is 13.9 Å². The van der Waals surface area contributed by atoms with Crippen molar-refractivity contribution >= 4 is 0 Å². The quantitative estimate of drug-likeness (QED) is 0.865. The van der Waals surface area contributed by atoms with Gasteiger partial charge in [0.05, 0.1) is 6.10 Å². The Balaban J connectivity index is 1.86. The molecule has 2 nitrogen and oxygen atoms in total. The van der Waals surface area contributed by atoms with Crippen molar-refractivity contribution in [1.29, 1.82) is 0 Å². The van der Waals surface area contributed by atoms with Crippen molar-refractivity contribution in [2.75, 3.05) is 13.1 Å². The Bertz CT molecular complexity index is 371. The maximum absolute atomic E-state index is 13.0. The molecule has 100 valence electrons. The lowest BCUT2D eigenvalue weighted by atomic mass is 9.89. The van der Waals surface area contributed by atoms with Crippen LogP contribution in [0.4, 0.5) is 8.78 Å². The Kier molecular flexibility index (Phi) is 4.66. The largest absolute Gasteiger partial charge is 0.393 e. The van der Waals surface area contributed by atoms with E-state index in [1.54, 1.807) is 0 Å². The lowest BCUT2D eigenvalue weighted by Crippen LogP contribution is -2.34. The molecule has 1 atom stereocenters. The normalized spacial score (nSPS) is 18.8. The summed E-state index contributed by atoms with van der Waals surface area (Å²) in [6.07, 6.45) is 2.64. The van der Waals surface area contributed by atoms with Crippen LogP contribution in [0.3, 0.4) is 0 Å². The number of hydrogen-bond donors (Lipinski definition) is 2. The highest BCUT2D eigenvalue weighted by Crippen LogP contribution is 2.20. The molecule has 0 bridgehead atoms. The van der Waals surface area contributed by atoms with E-state index in [-0.39, 0.29) is 6.10 Å². The zero-order chi connectivity index (χ0) is 13.0. The molecule has 2 N–H and O–H groups in total. The van der Waals surface area contributed by atoms with Gasteiger partial charge >= 0.3 is 0 Å². The van der Waals surface area contributed by atoms with Gasteiger partial charge in [-0.1, -0.05) is 0 Å². The molecular formula is C14H19F2NO. The summed E-state index contributed by atoms with van der Waals surface area (Å²) in [4.78, 5) is 0. The van der Waals surface area contributed by atoms with Gasteiger partial charge in [0.2, 0.25) is 0 Å². The van der Waals surface area contributed by atoms with Crippen molar-refractivity contribution < 1.29 is 13.9 Å². The average molecular weight is 255 g/mol. The molecule has 1 aliphatic rings. The molecule has 1 aliphatic heterocycles. The third-order valence-corrected chi connectivity index (χ3v) is 3.58. The van der Waals surface area contributed by atoms with Gasteiger partial charge in [0, 0.05) is 6.07 Å². The molecular weight excluding hydrogens is 236 g/mol. The fourth-order valence-corrected chi connectivity index (χ4v) is 2.53. The lowest BCUT2D eigenvalue weighted by Gasteiger charge is -2.27. The molecule has 1 heterocycles. The second-order valence-electron chi connectivity index (χ2n) is 4.97. The summed E-state index contributed by atoms with van der Waals surface area (Å²) >= 11 is 0. The molecule has 0 saturated carbocycles. The van der Waals surface area contributed by atoms with Crippen LogP contribution in [0.25, 0.3) is 0 Å². The van der Waals surface area contributed by atoms with E-state index in [1.165, 1.54) is 12.1 Å². The molecule has 0 radical (unpaired) electrons. The van der Waals surface area contributed by atoms with E-state index < -0.39 is 11.6 Å². The van der Waals surface area contributed by atoms with Crippen LogP contribution in [0, 0.1) is 17.6 Å². The zero-order valence-corrected chi connectivity index (χ0v) is 10.3. The Morgan fingerprint density at radius 2 is 1.78 bits per heavy atom. The average Bonchev–Trinajstić information content (AvgIpc) is 2.36. The number of halogens is 2. The van der Waals surface area contributed by atoms with Crippen molar-refractivity contribution in [1.82, 2.24) is 5.32 Å². The second kappa shape index (κ2) is 6.25. The molecule has 2 rings (SSSR count). The van der Waals surface area contributed by atoms with Gasteiger partial charge in [0.1, 0.15) is 11.6 Å².